The molecule has 0 aliphatic rings. The number of pyridine rings is 1. The van der Waals surface area contributed by atoms with Gasteiger partial charge >= 0.3 is 0 Å². The van der Waals surface area contributed by atoms with Crippen molar-refractivity contribution in [1.82, 2.24) is 4.98 Å². The van der Waals surface area contributed by atoms with E-state index >= 15 is 0 Å². The van der Waals surface area contributed by atoms with Crippen molar-refractivity contribution in [3.05, 3.63) is 64.0 Å². The summed E-state index contributed by atoms with van der Waals surface area (Å²) < 4.78 is 0. The Morgan fingerprint density at radius 2 is 2.16 bits per heavy atom. The number of aryl methyl sites for hydroxylation is 1. The highest BCUT2D eigenvalue weighted by Gasteiger charge is 2.15. The molecule has 0 amide bonds. The molecule has 1 heterocycles. The lowest BCUT2D eigenvalue weighted by Gasteiger charge is -2.15. The Hall–Kier alpha value is -2.43. The summed E-state index contributed by atoms with van der Waals surface area (Å²) >= 11 is 0. The molecule has 0 bridgehead atoms. The van der Waals surface area contributed by atoms with E-state index in [9.17, 15) is 10.1 Å². The van der Waals surface area contributed by atoms with Crippen LogP contribution < -0.4 is 5.32 Å². The Balaban J connectivity index is 2.28. The van der Waals surface area contributed by atoms with Crippen LogP contribution in [0.4, 0.5) is 11.4 Å². The molecule has 2 aromatic rings. The van der Waals surface area contributed by atoms with Crippen molar-refractivity contribution >= 4 is 11.4 Å². The van der Waals surface area contributed by atoms with E-state index in [1.165, 1.54) is 6.07 Å². The summed E-state index contributed by atoms with van der Waals surface area (Å²) in [5, 5.41) is 14.2. The lowest BCUT2D eigenvalue weighted by Crippen LogP contribution is -2.08. The fourth-order valence-corrected chi connectivity index (χ4v) is 1.87. The molecule has 0 fully saturated rings. The van der Waals surface area contributed by atoms with Crippen molar-refractivity contribution in [3.63, 3.8) is 0 Å². The zero-order chi connectivity index (χ0) is 13.8. The second kappa shape index (κ2) is 5.48. The molecule has 2 rings (SSSR count). The van der Waals surface area contributed by atoms with Crippen LogP contribution in [-0.4, -0.2) is 9.91 Å². The molecule has 1 N–H and O–H groups in total. The standard InChI is InChI=1S/C14H15N3O2/c1-10-5-6-14(17(18)19)13(8-10)16-11(2)12-4-3-7-15-9-12/h3-9,11,16H,1-2H3. The van der Waals surface area contributed by atoms with E-state index < -0.39 is 0 Å². The summed E-state index contributed by atoms with van der Waals surface area (Å²) in [7, 11) is 0. The van der Waals surface area contributed by atoms with E-state index in [0.29, 0.717) is 5.69 Å². The van der Waals surface area contributed by atoms with Gasteiger partial charge in [-0.2, -0.15) is 0 Å². The molecule has 0 radical (unpaired) electrons. The fourth-order valence-electron chi connectivity index (χ4n) is 1.87. The largest absolute Gasteiger partial charge is 0.373 e. The van der Waals surface area contributed by atoms with Crippen molar-refractivity contribution in [2.45, 2.75) is 19.9 Å². The summed E-state index contributed by atoms with van der Waals surface area (Å²) in [5.74, 6) is 0. The molecule has 0 saturated carbocycles. The molecule has 0 saturated heterocycles. The quantitative estimate of drug-likeness (QED) is 0.672. The molecule has 5 heteroatoms. The van der Waals surface area contributed by atoms with Gasteiger partial charge < -0.3 is 5.32 Å². The van der Waals surface area contributed by atoms with Crippen molar-refractivity contribution < 1.29 is 4.92 Å². The number of nitrogens with zero attached hydrogens (tertiary/aromatic N) is 2. The molecule has 0 aliphatic carbocycles. The van der Waals surface area contributed by atoms with Crippen molar-refractivity contribution in [2.75, 3.05) is 5.32 Å². The minimum Gasteiger partial charge on any atom is -0.373 e. The Labute approximate surface area is 111 Å². The molecule has 0 spiro atoms. The van der Waals surface area contributed by atoms with Gasteiger partial charge in [0.25, 0.3) is 5.69 Å². The van der Waals surface area contributed by atoms with Gasteiger partial charge in [-0.25, -0.2) is 0 Å². The average molecular weight is 257 g/mol. The Bertz CT molecular complexity index is 584. The smallest absolute Gasteiger partial charge is 0.292 e. The van der Waals surface area contributed by atoms with E-state index in [0.717, 1.165) is 11.1 Å². The van der Waals surface area contributed by atoms with E-state index in [1.54, 1.807) is 24.5 Å². The second-order valence-electron chi connectivity index (χ2n) is 4.43. The van der Waals surface area contributed by atoms with Gasteiger partial charge in [-0.1, -0.05) is 12.1 Å². The lowest BCUT2D eigenvalue weighted by molar-refractivity contribution is -0.384. The summed E-state index contributed by atoms with van der Waals surface area (Å²) in [6.45, 7) is 3.85. The normalized spacial score (nSPS) is 11.9. The van der Waals surface area contributed by atoms with E-state index in [4.69, 9.17) is 0 Å². The van der Waals surface area contributed by atoms with Gasteiger partial charge in [-0.15, -0.1) is 0 Å². The van der Waals surface area contributed by atoms with Crippen molar-refractivity contribution in [1.29, 1.82) is 0 Å². The molecule has 5 nitrogen and oxygen atoms in total. The SMILES string of the molecule is Cc1ccc([N+](=O)[O-])c(NC(C)c2cccnc2)c1. The first-order valence-corrected chi connectivity index (χ1v) is 5.99. The van der Waals surface area contributed by atoms with E-state index in [-0.39, 0.29) is 16.7 Å². The monoisotopic (exact) mass is 257 g/mol. The Kier molecular flexibility index (Phi) is 3.75. The number of benzene rings is 1. The topological polar surface area (TPSA) is 68.1 Å². The third kappa shape index (κ3) is 3.07. The number of anilines is 1. The number of hydrogen-bond acceptors (Lipinski definition) is 4. The summed E-state index contributed by atoms with van der Waals surface area (Å²) in [4.78, 5) is 14.7. The van der Waals surface area contributed by atoms with Gasteiger partial charge in [-0.05, 0) is 37.1 Å². The molecule has 1 unspecified atom stereocenters. The maximum absolute atomic E-state index is 11.0. The van der Waals surface area contributed by atoms with Gasteiger partial charge in [0.2, 0.25) is 0 Å². The zero-order valence-electron chi connectivity index (χ0n) is 10.8. The first-order valence-electron chi connectivity index (χ1n) is 5.99. The first kappa shape index (κ1) is 13.0. The predicted molar refractivity (Wildman–Crippen MR) is 74.1 cm³/mol. The van der Waals surface area contributed by atoms with Crippen LogP contribution in [0.2, 0.25) is 0 Å². The van der Waals surface area contributed by atoms with Crippen LogP contribution in [0, 0.1) is 17.0 Å². The van der Waals surface area contributed by atoms with Gasteiger partial charge in [0.05, 0.1) is 11.0 Å². The fraction of sp³-hybridized carbons (Fsp3) is 0.214. The number of nitrogens with one attached hydrogen (secondary N) is 1. The molecule has 1 atom stereocenters. The first-order chi connectivity index (χ1) is 9.08. The maximum Gasteiger partial charge on any atom is 0.292 e. The minimum absolute atomic E-state index is 0.0470. The van der Waals surface area contributed by atoms with Crippen LogP contribution in [0.5, 0.6) is 0 Å². The molecule has 0 aliphatic heterocycles. The highest BCUT2D eigenvalue weighted by Crippen LogP contribution is 2.28. The van der Waals surface area contributed by atoms with Gasteiger partial charge in [0.1, 0.15) is 5.69 Å². The average Bonchev–Trinajstić information content (AvgIpc) is 2.39. The van der Waals surface area contributed by atoms with Crippen LogP contribution in [0.15, 0.2) is 42.7 Å². The highest BCUT2D eigenvalue weighted by atomic mass is 16.6. The highest BCUT2D eigenvalue weighted by molar-refractivity contribution is 5.63. The molecule has 19 heavy (non-hydrogen) atoms. The Morgan fingerprint density at radius 3 is 2.79 bits per heavy atom. The molecular formula is C14H15N3O2. The summed E-state index contributed by atoms with van der Waals surface area (Å²) in [6, 6.07) is 8.77. The van der Waals surface area contributed by atoms with Crippen LogP contribution >= 0.6 is 0 Å². The molecule has 98 valence electrons. The summed E-state index contributed by atoms with van der Waals surface area (Å²) in [6.07, 6.45) is 3.45. The predicted octanol–water partition coefficient (Wildman–Crippen LogP) is 3.47. The number of hydrogen-bond donors (Lipinski definition) is 1. The Morgan fingerprint density at radius 1 is 1.37 bits per heavy atom. The van der Waals surface area contributed by atoms with Crippen LogP contribution in [0.3, 0.4) is 0 Å². The number of rotatable bonds is 4. The van der Waals surface area contributed by atoms with Crippen molar-refractivity contribution in [3.8, 4) is 0 Å². The third-order valence-corrected chi connectivity index (χ3v) is 2.91. The number of aromatic nitrogens is 1. The second-order valence-corrected chi connectivity index (χ2v) is 4.43. The van der Waals surface area contributed by atoms with E-state index in [1.807, 2.05) is 26.0 Å². The molecule has 1 aromatic heterocycles. The molecular weight excluding hydrogens is 242 g/mol. The summed E-state index contributed by atoms with van der Waals surface area (Å²) in [5.41, 5.74) is 2.58. The van der Waals surface area contributed by atoms with Crippen LogP contribution in [0.25, 0.3) is 0 Å². The van der Waals surface area contributed by atoms with Gasteiger partial charge in [0.15, 0.2) is 0 Å². The zero-order valence-corrected chi connectivity index (χ0v) is 10.8. The lowest BCUT2D eigenvalue weighted by atomic mass is 10.1. The number of nitro groups is 1. The van der Waals surface area contributed by atoms with E-state index in [2.05, 4.69) is 10.3 Å². The molecule has 1 aromatic carbocycles. The van der Waals surface area contributed by atoms with Gasteiger partial charge in [-0.3, -0.25) is 15.1 Å². The van der Waals surface area contributed by atoms with Crippen LogP contribution in [0.1, 0.15) is 24.1 Å². The maximum atomic E-state index is 11.0. The van der Waals surface area contributed by atoms with Crippen LogP contribution in [-0.2, 0) is 0 Å². The van der Waals surface area contributed by atoms with Gasteiger partial charge in [0, 0.05) is 18.5 Å². The van der Waals surface area contributed by atoms with Crippen molar-refractivity contribution in [2.24, 2.45) is 0 Å². The third-order valence-electron chi connectivity index (χ3n) is 2.91. The minimum atomic E-state index is -0.377. The number of nitro benzene ring substituents is 1.